The summed E-state index contributed by atoms with van der Waals surface area (Å²) >= 11 is 0. The van der Waals surface area contributed by atoms with Crippen LogP contribution in [0.1, 0.15) is 27.2 Å². The van der Waals surface area contributed by atoms with Crippen LogP contribution in [0.5, 0.6) is 5.88 Å². The minimum atomic E-state index is -4.92. The molecule has 0 saturated carbocycles. The molecule has 1 N–H and O–H groups in total. The van der Waals surface area contributed by atoms with Crippen molar-refractivity contribution in [1.29, 1.82) is 0 Å². The first-order valence-electron chi connectivity index (χ1n) is 12.3. The van der Waals surface area contributed by atoms with E-state index in [-0.39, 0.29) is 129 Å². The van der Waals surface area contributed by atoms with E-state index in [1.54, 1.807) is 0 Å². The molecule has 0 spiro atoms. The van der Waals surface area contributed by atoms with Gasteiger partial charge >= 0.3 is 118 Å². The molecule has 0 unspecified atom stereocenters. The number of allylic oxidation sites excluding steroid dienone is 4. The van der Waals surface area contributed by atoms with E-state index in [4.69, 9.17) is 0 Å². The number of benzene rings is 2. The van der Waals surface area contributed by atoms with Crippen molar-refractivity contribution in [3.63, 3.8) is 0 Å². The molecule has 0 saturated heterocycles. The Kier molecular flexibility index (Phi) is 19.4. The van der Waals surface area contributed by atoms with Gasteiger partial charge in [0.15, 0.2) is 0 Å². The molecule has 3 aromatic rings. The molecular weight excluding hydrogens is 728 g/mol. The number of hydrazone groups is 1. The molecule has 4 rings (SSSR count). The smallest absolute Gasteiger partial charge is 0.858 e. The minimum absolute atomic E-state index is 0. The summed E-state index contributed by atoms with van der Waals surface area (Å²) in [7, 11) is -9.58. The number of nitrogens with zero attached hydrogens (tertiary/aromatic N) is 4. The van der Waals surface area contributed by atoms with Crippen molar-refractivity contribution in [2.75, 3.05) is 0 Å². The third-order valence-electron chi connectivity index (χ3n) is 6.15. The zero-order valence-corrected chi connectivity index (χ0v) is 36.1. The van der Waals surface area contributed by atoms with E-state index in [0.29, 0.717) is 9.69 Å². The fourth-order valence-corrected chi connectivity index (χ4v) is 5.61. The number of hydrogen-bond donors (Lipinski definition) is 1. The number of carbonyl (C=O) groups is 3. The summed E-state index contributed by atoms with van der Waals surface area (Å²) in [4.78, 5) is 35.0. The van der Waals surface area contributed by atoms with E-state index in [1.807, 2.05) is 0 Å². The van der Waals surface area contributed by atoms with Gasteiger partial charge in [-0.25, -0.2) is 13.4 Å². The monoisotopic (exact) mass is 746 g/mol. The van der Waals surface area contributed by atoms with Gasteiger partial charge in [0.25, 0.3) is 16.0 Å². The van der Waals surface area contributed by atoms with E-state index in [9.17, 15) is 55.6 Å². The number of aromatic nitrogens is 2. The molecule has 0 bridgehead atoms. The Hall–Kier alpha value is -1.43. The third kappa shape index (κ3) is 11.8. The maximum Gasteiger partial charge on any atom is 1.00 e. The standard InChI is InChI=1S/C27H22N4O12S2.4Na/c32-24-18(22(26(34)35)28-30(24)14-16-8-4-6-12-20(16)44(38,39)40)10-2-1-3-11-19-23(27(36)37)29-31(25(19)33)15-17-9-5-7-13-21(17)45(41,42)43;;;;/h1-13,32H,14-15H2,(H,34,35)(H,36,37)(H,38,39,40)(H,41,42,43);;;;/q;4*+1/p-4/b3-1+,10-2+,19-11-;;;;. The van der Waals surface area contributed by atoms with Gasteiger partial charge in [-0.3, -0.25) is 14.0 Å². The molecule has 234 valence electrons. The molecule has 0 fully saturated rings. The van der Waals surface area contributed by atoms with Crippen LogP contribution >= 0.6 is 0 Å². The molecule has 1 aliphatic heterocycles. The normalized spacial score (nSPS) is 13.8. The first kappa shape index (κ1) is 47.6. The number of carboxylic acids is 2. The summed E-state index contributed by atoms with van der Waals surface area (Å²) in [6, 6.07) is 10.1. The minimum Gasteiger partial charge on any atom is -0.858 e. The molecule has 0 aliphatic carbocycles. The van der Waals surface area contributed by atoms with Gasteiger partial charge in [0.2, 0.25) is 0 Å². The average Bonchev–Trinajstić information content (AvgIpc) is 3.44. The fourth-order valence-electron chi connectivity index (χ4n) is 4.19. The van der Waals surface area contributed by atoms with Gasteiger partial charge in [-0.05, 0) is 35.2 Å². The van der Waals surface area contributed by atoms with Crippen LogP contribution in [0.15, 0.2) is 93.3 Å². The van der Waals surface area contributed by atoms with E-state index in [1.165, 1.54) is 42.5 Å². The summed E-state index contributed by atoms with van der Waals surface area (Å²) in [6.45, 7) is -1.06. The summed E-state index contributed by atoms with van der Waals surface area (Å²) in [5, 5.41) is 44.1. The van der Waals surface area contributed by atoms with Gasteiger partial charge in [-0.1, -0.05) is 60.7 Å². The van der Waals surface area contributed by atoms with Crippen molar-refractivity contribution in [1.82, 2.24) is 14.8 Å². The van der Waals surface area contributed by atoms with Crippen LogP contribution in [0.25, 0.3) is 6.08 Å². The number of carboxylic acid groups (broad SMARTS) is 2. The average molecular weight is 747 g/mol. The van der Waals surface area contributed by atoms with Crippen molar-refractivity contribution in [3.8, 4) is 5.88 Å². The Balaban J connectivity index is 0.00000576. The van der Waals surface area contributed by atoms with Crippen molar-refractivity contribution < 1.29 is 174 Å². The predicted molar refractivity (Wildman–Crippen MR) is 145 cm³/mol. The fraction of sp³-hybridized carbons (Fsp3) is 0.0741. The number of carbonyl (C=O) groups excluding carboxylic acids is 3. The largest absolute Gasteiger partial charge is 1.00 e. The second-order valence-electron chi connectivity index (χ2n) is 9.08. The molecule has 2 heterocycles. The van der Waals surface area contributed by atoms with Gasteiger partial charge in [0.05, 0.1) is 40.4 Å². The zero-order chi connectivity index (χ0) is 33.1. The van der Waals surface area contributed by atoms with E-state index in [0.717, 1.165) is 36.4 Å². The van der Waals surface area contributed by atoms with Crippen molar-refractivity contribution >= 4 is 49.9 Å². The van der Waals surface area contributed by atoms with E-state index in [2.05, 4.69) is 10.2 Å². The first-order chi connectivity index (χ1) is 21.1. The molecule has 1 amide bonds. The second kappa shape index (κ2) is 20.0. The molecule has 22 heteroatoms. The number of aliphatic carboxylic acids is 1. The van der Waals surface area contributed by atoms with Crippen LogP contribution < -0.4 is 134 Å². The van der Waals surface area contributed by atoms with Crippen LogP contribution in [-0.2, 0) is 42.9 Å². The molecular formula is C27H18N4Na4O12S2. The molecule has 0 atom stereocenters. The third-order valence-corrected chi connectivity index (χ3v) is 8.04. The number of hydrogen-bond acceptors (Lipinski definition) is 13. The molecule has 1 aromatic heterocycles. The van der Waals surface area contributed by atoms with Crippen LogP contribution in [-0.4, -0.2) is 64.3 Å². The zero-order valence-electron chi connectivity index (χ0n) is 26.5. The van der Waals surface area contributed by atoms with Crippen LogP contribution in [0.4, 0.5) is 0 Å². The Labute approximate surface area is 368 Å². The van der Waals surface area contributed by atoms with Crippen LogP contribution in [0.2, 0.25) is 0 Å². The Bertz CT molecular complexity index is 2080. The Morgan fingerprint density at radius 2 is 1.37 bits per heavy atom. The van der Waals surface area contributed by atoms with Gasteiger partial charge in [0, 0.05) is 5.56 Å². The Morgan fingerprint density at radius 1 is 0.816 bits per heavy atom. The summed E-state index contributed by atoms with van der Waals surface area (Å²) in [6.07, 6.45) is 5.54. The predicted octanol–water partition coefficient (Wildman–Crippen LogP) is -13.8. The van der Waals surface area contributed by atoms with Crippen molar-refractivity contribution in [2.45, 2.75) is 22.9 Å². The maximum atomic E-state index is 12.9. The number of aromatic carboxylic acids is 1. The summed E-state index contributed by atoms with van der Waals surface area (Å²) in [5.41, 5.74) is -2.65. The molecule has 2 aromatic carbocycles. The quantitative estimate of drug-likeness (QED) is 0.0828. The van der Waals surface area contributed by atoms with Gasteiger partial charge in [0.1, 0.15) is 21.5 Å². The van der Waals surface area contributed by atoms with Gasteiger partial charge in [-0.2, -0.15) is 18.6 Å². The molecule has 1 aliphatic rings. The van der Waals surface area contributed by atoms with E-state index >= 15 is 0 Å². The SMILES string of the molecule is O=C([O-])C1=NN(Cc2ccccc2S(=O)(=O)O)C(=O)\C1=C/C=C/C=C/c1c(C(=O)[O-])nn(Cc2ccccc2S(=O)(=O)[O-])c1[O-].[Na+].[Na+].[Na+].[Na+]. The van der Waals surface area contributed by atoms with Gasteiger partial charge < -0.3 is 29.5 Å². The number of amides is 1. The molecule has 0 radical (unpaired) electrons. The summed E-state index contributed by atoms with van der Waals surface area (Å²) < 4.78 is 68.0. The molecule has 49 heavy (non-hydrogen) atoms. The second-order valence-corrected chi connectivity index (χ2v) is 11.8. The van der Waals surface area contributed by atoms with Crippen LogP contribution in [0.3, 0.4) is 0 Å². The topological polar surface area (TPSA) is 265 Å². The maximum absolute atomic E-state index is 12.9. The molecule has 16 nitrogen and oxygen atoms in total. The van der Waals surface area contributed by atoms with Crippen molar-refractivity contribution in [3.05, 3.63) is 101 Å². The first-order valence-corrected chi connectivity index (χ1v) is 15.2. The van der Waals surface area contributed by atoms with Gasteiger partial charge in [-0.15, -0.1) is 0 Å². The van der Waals surface area contributed by atoms with E-state index < -0.39 is 89.4 Å². The Morgan fingerprint density at radius 3 is 1.90 bits per heavy atom. The van der Waals surface area contributed by atoms with Crippen LogP contribution in [0, 0.1) is 0 Å². The summed E-state index contributed by atoms with van der Waals surface area (Å²) in [5.74, 6) is -5.56. The number of rotatable bonds is 11. The van der Waals surface area contributed by atoms with Crippen molar-refractivity contribution in [2.24, 2.45) is 5.10 Å².